The van der Waals surface area contributed by atoms with Crippen molar-refractivity contribution < 1.29 is 5.11 Å². The van der Waals surface area contributed by atoms with E-state index in [1.54, 1.807) is 0 Å². The molecule has 1 aromatic carbocycles. The summed E-state index contributed by atoms with van der Waals surface area (Å²) < 4.78 is 0.605. The number of anilines is 1. The van der Waals surface area contributed by atoms with Gasteiger partial charge in [0.15, 0.2) is 4.77 Å². The van der Waals surface area contributed by atoms with E-state index in [1.807, 2.05) is 18.2 Å². The van der Waals surface area contributed by atoms with Crippen LogP contribution in [0.15, 0.2) is 18.2 Å². The standard InChI is InChI=1S/C10H12ClN3OS/c11-4-7(15)5-12-6-1-2-8-9(3-6)14-10(16)13-8/h1-3,7,12,15H,4-5H2,(H2,13,14,16). The zero-order valence-corrected chi connectivity index (χ0v) is 10.0. The van der Waals surface area contributed by atoms with Gasteiger partial charge in [-0.15, -0.1) is 11.6 Å². The highest BCUT2D eigenvalue weighted by Gasteiger charge is 2.02. The second-order valence-corrected chi connectivity index (χ2v) is 4.25. The molecule has 86 valence electrons. The number of fused-ring (bicyclic) bond motifs is 1. The molecule has 0 saturated heterocycles. The molecule has 1 unspecified atom stereocenters. The second kappa shape index (κ2) is 4.86. The predicted molar refractivity (Wildman–Crippen MR) is 68.7 cm³/mol. The molecule has 0 fully saturated rings. The Morgan fingerprint density at radius 2 is 2.12 bits per heavy atom. The maximum atomic E-state index is 9.31. The van der Waals surface area contributed by atoms with Gasteiger partial charge in [-0.25, -0.2) is 0 Å². The minimum Gasteiger partial charge on any atom is -0.390 e. The van der Waals surface area contributed by atoms with Crippen LogP contribution in [0, 0.1) is 4.77 Å². The number of alkyl halides is 1. The number of imidazole rings is 1. The van der Waals surface area contributed by atoms with Gasteiger partial charge < -0.3 is 20.4 Å². The van der Waals surface area contributed by atoms with Crippen molar-refractivity contribution in [2.24, 2.45) is 0 Å². The van der Waals surface area contributed by atoms with Crippen LogP contribution >= 0.6 is 23.8 Å². The average molecular weight is 258 g/mol. The number of aromatic nitrogens is 2. The molecular formula is C10H12ClN3OS. The Kier molecular flexibility index (Phi) is 3.48. The minimum atomic E-state index is -0.540. The van der Waals surface area contributed by atoms with Gasteiger partial charge in [0, 0.05) is 12.2 Å². The van der Waals surface area contributed by atoms with Gasteiger partial charge in [0.25, 0.3) is 0 Å². The zero-order valence-electron chi connectivity index (χ0n) is 8.46. The predicted octanol–water partition coefficient (Wildman–Crippen LogP) is 2.24. The molecule has 2 aromatic rings. The van der Waals surface area contributed by atoms with Crippen LogP contribution in [0.25, 0.3) is 11.0 Å². The summed E-state index contributed by atoms with van der Waals surface area (Å²) in [5.41, 5.74) is 2.82. The van der Waals surface area contributed by atoms with E-state index in [0.717, 1.165) is 16.7 Å². The third-order valence-electron chi connectivity index (χ3n) is 2.24. The van der Waals surface area contributed by atoms with Crippen molar-refractivity contribution in [1.29, 1.82) is 0 Å². The van der Waals surface area contributed by atoms with Gasteiger partial charge in [0.1, 0.15) is 0 Å². The number of aromatic amines is 2. The molecule has 1 atom stereocenters. The molecule has 0 aliphatic carbocycles. The Morgan fingerprint density at radius 1 is 1.38 bits per heavy atom. The molecule has 1 aromatic heterocycles. The summed E-state index contributed by atoms with van der Waals surface area (Å²) in [7, 11) is 0. The highest BCUT2D eigenvalue weighted by Crippen LogP contribution is 2.16. The lowest BCUT2D eigenvalue weighted by Crippen LogP contribution is -2.20. The molecular weight excluding hydrogens is 246 g/mol. The number of rotatable bonds is 4. The summed E-state index contributed by atoms with van der Waals surface area (Å²) in [5.74, 6) is 0.224. The van der Waals surface area contributed by atoms with E-state index in [4.69, 9.17) is 23.8 Å². The van der Waals surface area contributed by atoms with Crippen molar-refractivity contribution in [3.8, 4) is 0 Å². The summed E-state index contributed by atoms with van der Waals surface area (Å²) in [6.07, 6.45) is -0.540. The lowest BCUT2D eigenvalue weighted by Gasteiger charge is -2.09. The topological polar surface area (TPSA) is 63.8 Å². The van der Waals surface area contributed by atoms with Crippen LogP contribution in [0.3, 0.4) is 0 Å². The van der Waals surface area contributed by atoms with E-state index >= 15 is 0 Å². The van der Waals surface area contributed by atoms with Gasteiger partial charge in [0.2, 0.25) is 0 Å². The van der Waals surface area contributed by atoms with Crippen LogP contribution in [0.4, 0.5) is 5.69 Å². The monoisotopic (exact) mass is 257 g/mol. The first-order valence-electron chi connectivity index (χ1n) is 4.89. The highest BCUT2D eigenvalue weighted by atomic mass is 35.5. The number of H-pyrrole nitrogens is 2. The first-order valence-corrected chi connectivity index (χ1v) is 5.83. The van der Waals surface area contributed by atoms with Crippen molar-refractivity contribution in [3.05, 3.63) is 23.0 Å². The molecule has 0 bridgehead atoms. The fourth-order valence-electron chi connectivity index (χ4n) is 1.43. The van der Waals surface area contributed by atoms with Crippen LogP contribution in [0.5, 0.6) is 0 Å². The molecule has 4 nitrogen and oxygen atoms in total. The molecule has 0 saturated carbocycles. The Morgan fingerprint density at radius 3 is 2.88 bits per heavy atom. The quantitative estimate of drug-likeness (QED) is 0.502. The van der Waals surface area contributed by atoms with Crippen molar-refractivity contribution in [2.45, 2.75) is 6.10 Å². The van der Waals surface area contributed by atoms with Crippen molar-refractivity contribution in [1.82, 2.24) is 9.97 Å². The molecule has 0 aliphatic heterocycles. The van der Waals surface area contributed by atoms with Crippen molar-refractivity contribution >= 4 is 40.5 Å². The smallest absolute Gasteiger partial charge is 0.175 e. The van der Waals surface area contributed by atoms with E-state index in [9.17, 15) is 5.11 Å². The first-order chi connectivity index (χ1) is 7.69. The molecule has 2 rings (SSSR count). The Hall–Kier alpha value is -1.04. The molecule has 16 heavy (non-hydrogen) atoms. The average Bonchev–Trinajstić information content (AvgIpc) is 2.65. The third kappa shape index (κ3) is 2.55. The number of halogens is 1. The molecule has 0 spiro atoms. The van der Waals surface area contributed by atoms with Gasteiger partial charge in [-0.1, -0.05) is 0 Å². The summed E-state index contributed by atoms with van der Waals surface area (Å²) in [6, 6.07) is 5.78. The Balaban J connectivity index is 2.16. The summed E-state index contributed by atoms with van der Waals surface area (Å²) in [4.78, 5) is 6.05. The summed E-state index contributed by atoms with van der Waals surface area (Å²) >= 11 is 10.5. The third-order valence-corrected chi connectivity index (χ3v) is 2.80. The normalized spacial score (nSPS) is 12.9. The molecule has 0 radical (unpaired) electrons. The summed E-state index contributed by atoms with van der Waals surface area (Å²) in [6.45, 7) is 0.431. The van der Waals surface area contributed by atoms with E-state index in [0.29, 0.717) is 11.3 Å². The number of hydrogen-bond acceptors (Lipinski definition) is 3. The second-order valence-electron chi connectivity index (χ2n) is 3.53. The van der Waals surface area contributed by atoms with Gasteiger partial charge in [0.05, 0.1) is 23.0 Å². The zero-order chi connectivity index (χ0) is 11.5. The fourth-order valence-corrected chi connectivity index (χ4v) is 1.76. The molecule has 1 heterocycles. The van der Waals surface area contributed by atoms with Crippen LogP contribution in [0.1, 0.15) is 0 Å². The Labute approximate surface area is 103 Å². The van der Waals surface area contributed by atoms with Crippen LogP contribution in [-0.2, 0) is 0 Å². The van der Waals surface area contributed by atoms with E-state index < -0.39 is 6.10 Å². The fraction of sp³-hybridized carbons (Fsp3) is 0.300. The summed E-state index contributed by atoms with van der Waals surface area (Å²) in [5, 5.41) is 12.4. The van der Waals surface area contributed by atoms with Crippen molar-refractivity contribution in [3.63, 3.8) is 0 Å². The largest absolute Gasteiger partial charge is 0.390 e. The number of nitrogens with one attached hydrogen (secondary N) is 3. The lowest BCUT2D eigenvalue weighted by molar-refractivity contribution is 0.211. The number of benzene rings is 1. The van der Waals surface area contributed by atoms with Gasteiger partial charge >= 0.3 is 0 Å². The van der Waals surface area contributed by atoms with Crippen molar-refractivity contribution in [2.75, 3.05) is 17.7 Å². The van der Waals surface area contributed by atoms with Crippen LogP contribution in [-0.4, -0.2) is 33.6 Å². The minimum absolute atomic E-state index is 0.224. The highest BCUT2D eigenvalue weighted by molar-refractivity contribution is 7.71. The number of hydrogen-bond donors (Lipinski definition) is 4. The maximum Gasteiger partial charge on any atom is 0.175 e. The SMILES string of the molecule is OC(CCl)CNc1ccc2[nH]c(=S)[nH]c2c1. The molecule has 4 N–H and O–H groups in total. The van der Waals surface area contributed by atoms with Gasteiger partial charge in [-0.05, 0) is 30.4 Å². The van der Waals surface area contributed by atoms with Crippen LogP contribution < -0.4 is 5.32 Å². The van der Waals surface area contributed by atoms with E-state index in [-0.39, 0.29) is 5.88 Å². The van der Waals surface area contributed by atoms with Gasteiger partial charge in [-0.2, -0.15) is 0 Å². The number of aliphatic hydroxyl groups excluding tert-OH is 1. The maximum absolute atomic E-state index is 9.31. The molecule has 0 aliphatic rings. The van der Waals surface area contributed by atoms with E-state index in [1.165, 1.54) is 0 Å². The first kappa shape index (κ1) is 11.4. The Bertz CT molecular complexity index is 536. The molecule has 6 heteroatoms. The lowest BCUT2D eigenvalue weighted by atomic mass is 10.2. The number of aliphatic hydroxyl groups is 1. The molecule has 0 amide bonds. The van der Waals surface area contributed by atoms with Gasteiger partial charge in [-0.3, -0.25) is 0 Å². The van der Waals surface area contributed by atoms with Crippen LogP contribution in [0.2, 0.25) is 0 Å². The van der Waals surface area contributed by atoms with E-state index in [2.05, 4.69) is 15.3 Å².